The molecule has 82 valence electrons. The van der Waals surface area contributed by atoms with E-state index in [4.69, 9.17) is 12.2 Å². The summed E-state index contributed by atoms with van der Waals surface area (Å²) in [5.41, 5.74) is 4.64. The van der Waals surface area contributed by atoms with Crippen LogP contribution in [0.25, 0.3) is 0 Å². The Morgan fingerprint density at radius 1 is 1.53 bits per heavy atom. The lowest BCUT2D eigenvalue weighted by molar-refractivity contribution is 0.719. The van der Waals surface area contributed by atoms with Crippen LogP contribution in [0.1, 0.15) is 26.5 Å². The predicted octanol–water partition coefficient (Wildman–Crippen LogP) is 1.61. The first-order valence-electron chi connectivity index (χ1n) is 4.84. The second kappa shape index (κ2) is 5.50. The lowest BCUT2D eigenvalue weighted by atomic mass is 10.3. The van der Waals surface area contributed by atoms with Gasteiger partial charge in [0.1, 0.15) is 0 Å². The van der Waals surface area contributed by atoms with Crippen LogP contribution in [0.3, 0.4) is 0 Å². The van der Waals surface area contributed by atoms with E-state index in [1.807, 2.05) is 39.1 Å². The predicted molar refractivity (Wildman–Crippen MR) is 67.0 cm³/mol. The summed E-state index contributed by atoms with van der Waals surface area (Å²) >= 11 is 5.04. The normalized spacial score (nSPS) is 11.6. The highest BCUT2D eigenvalue weighted by Gasteiger charge is 1.99. The first-order valence-corrected chi connectivity index (χ1v) is 5.25. The Balaban J connectivity index is 2.48. The van der Waals surface area contributed by atoms with Gasteiger partial charge in [-0.05, 0) is 45.1 Å². The molecule has 0 aliphatic rings. The maximum absolute atomic E-state index is 5.04. The van der Waals surface area contributed by atoms with Crippen molar-refractivity contribution in [1.82, 2.24) is 15.7 Å². The van der Waals surface area contributed by atoms with Gasteiger partial charge >= 0.3 is 0 Å². The number of rotatable bonds is 3. The number of thiocarbonyl (C=S) groups is 1. The fraction of sp³-hybridized carbons (Fsp3) is 0.400. The molecule has 15 heavy (non-hydrogen) atoms. The highest BCUT2D eigenvalue weighted by Crippen LogP contribution is 1.95. The van der Waals surface area contributed by atoms with Gasteiger partial charge in [0.15, 0.2) is 5.11 Å². The van der Waals surface area contributed by atoms with Gasteiger partial charge in [-0.1, -0.05) is 0 Å². The fourth-order valence-corrected chi connectivity index (χ4v) is 1.33. The SMILES string of the molecule is CC(=NNC(=S)NC(C)C)c1ccc[nH]1. The molecule has 0 saturated carbocycles. The summed E-state index contributed by atoms with van der Waals surface area (Å²) in [7, 11) is 0. The van der Waals surface area contributed by atoms with E-state index in [0.717, 1.165) is 11.4 Å². The van der Waals surface area contributed by atoms with Crippen molar-refractivity contribution in [3.63, 3.8) is 0 Å². The van der Waals surface area contributed by atoms with E-state index < -0.39 is 0 Å². The zero-order chi connectivity index (χ0) is 11.3. The van der Waals surface area contributed by atoms with Crippen LogP contribution in [0.15, 0.2) is 23.4 Å². The molecule has 3 N–H and O–H groups in total. The number of hydrazone groups is 1. The van der Waals surface area contributed by atoms with E-state index in [-0.39, 0.29) is 0 Å². The highest BCUT2D eigenvalue weighted by molar-refractivity contribution is 7.80. The fourth-order valence-electron chi connectivity index (χ4n) is 1.04. The molecule has 0 saturated heterocycles. The van der Waals surface area contributed by atoms with E-state index in [9.17, 15) is 0 Å². The Labute approximate surface area is 95.2 Å². The zero-order valence-corrected chi connectivity index (χ0v) is 9.98. The van der Waals surface area contributed by atoms with Crippen LogP contribution in [-0.2, 0) is 0 Å². The molecule has 0 fully saturated rings. The summed E-state index contributed by atoms with van der Waals surface area (Å²) in [4.78, 5) is 3.07. The monoisotopic (exact) mass is 224 g/mol. The van der Waals surface area contributed by atoms with Crippen molar-refractivity contribution in [2.24, 2.45) is 5.10 Å². The molecule has 0 aliphatic heterocycles. The molecule has 0 aliphatic carbocycles. The van der Waals surface area contributed by atoms with Crippen molar-refractivity contribution in [2.45, 2.75) is 26.8 Å². The largest absolute Gasteiger partial charge is 0.360 e. The Morgan fingerprint density at radius 2 is 2.27 bits per heavy atom. The molecule has 0 spiro atoms. The molecule has 0 unspecified atom stereocenters. The minimum absolute atomic E-state index is 0.311. The van der Waals surface area contributed by atoms with Crippen molar-refractivity contribution < 1.29 is 0 Å². The van der Waals surface area contributed by atoms with Gasteiger partial charge in [0.25, 0.3) is 0 Å². The molecular weight excluding hydrogens is 208 g/mol. The van der Waals surface area contributed by atoms with Crippen molar-refractivity contribution in [1.29, 1.82) is 0 Å². The summed E-state index contributed by atoms with van der Waals surface area (Å²) in [6.07, 6.45) is 1.86. The topological polar surface area (TPSA) is 52.2 Å². The maximum Gasteiger partial charge on any atom is 0.187 e. The summed E-state index contributed by atoms with van der Waals surface area (Å²) in [6.45, 7) is 5.96. The third-order valence-electron chi connectivity index (χ3n) is 1.73. The van der Waals surface area contributed by atoms with Crippen LogP contribution in [0.2, 0.25) is 0 Å². The maximum atomic E-state index is 5.04. The standard InChI is InChI=1S/C10H16N4S/c1-7(2)12-10(15)14-13-8(3)9-5-4-6-11-9/h4-7,11H,1-3H3,(H2,12,14,15). The zero-order valence-electron chi connectivity index (χ0n) is 9.16. The first kappa shape index (κ1) is 11.7. The van der Waals surface area contributed by atoms with Crippen molar-refractivity contribution in [2.75, 3.05) is 0 Å². The van der Waals surface area contributed by atoms with E-state index in [2.05, 4.69) is 20.8 Å². The van der Waals surface area contributed by atoms with E-state index in [0.29, 0.717) is 11.2 Å². The lowest BCUT2D eigenvalue weighted by Crippen LogP contribution is -2.37. The molecular formula is C10H16N4S. The third kappa shape index (κ3) is 4.12. The molecule has 0 bridgehead atoms. The number of nitrogens with zero attached hydrogens (tertiary/aromatic N) is 1. The van der Waals surface area contributed by atoms with Gasteiger partial charge in [0, 0.05) is 12.2 Å². The van der Waals surface area contributed by atoms with E-state index in [1.54, 1.807) is 0 Å². The van der Waals surface area contributed by atoms with Crippen LogP contribution in [0, 0.1) is 0 Å². The van der Waals surface area contributed by atoms with E-state index >= 15 is 0 Å². The van der Waals surface area contributed by atoms with Gasteiger partial charge in [-0.3, -0.25) is 5.43 Å². The number of nitrogens with one attached hydrogen (secondary N) is 3. The average molecular weight is 224 g/mol. The number of H-pyrrole nitrogens is 1. The average Bonchev–Trinajstić information content (AvgIpc) is 2.65. The lowest BCUT2D eigenvalue weighted by Gasteiger charge is -2.10. The summed E-state index contributed by atoms with van der Waals surface area (Å²) < 4.78 is 0. The Bertz CT molecular complexity index is 340. The Kier molecular flexibility index (Phi) is 4.30. The van der Waals surface area contributed by atoms with Crippen molar-refractivity contribution in [3.8, 4) is 0 Å². The second-order valence-electron chi connectivity index (χ2n) is 3.52. The van der Waals surface area contributed by atoms with E-state index in [1.165, 1.54) is 0 Å². The van der Waals surface area contributed by atoms with Gasteiger partial charge in [0.05, 0.1) is 11.4 Å². The molecule has 0 atom stereocenters. The summed E-state index contributed by atoms with van der Waals surface area (Å²) in [5, 5.41) is 7.74. The molecule has 1 heterocycles. The third-order valence-corrected chi connectivity index (χ3v) is 1.94. The number of aromatic amines is 1. The van der Waals surface area contributed by atoms with Gasteiger partial charge in [-0.2, -0.15) is 5.10 Å². The van der Waals surface area contributed by atoms with Crippen molar-refractivity contribution in [3.05, 3.63) is 24.0 Å². The minimum atomic E-state index is 0.311. The number of hydrogen-bond acceptors (Lipinski definition) is 2. The molecule has 1 aromatic heterocycles. The summed E-state index contributed by atoms with van der Waals surface area (Å²) in [6, 6.07) is 4.20. The molecule has 1 aromatic rings. The Hall–Kier alpha value is -1.36. The minimum Gasteiger partial charge on any atom is -0.360 e. The number of aromatic nitrogens is 1. The van der Waals surface area contributed by atoms with Gasteiger partial charge in [-0.25, -0.2) is 0 Å². The first-order chi connectivity index (χ1) is 7.09. The smallest absolute Gasteiger partial charge is 0.187 e. The molecule has 4 nitrogen and oxygen atoms in total. The molecule has 5 heteroatoms. The van der Waals surface area contributed by atoms with Crippen molar-refractivity contribution >= 4 is 23.0 Å². The van der Waals surface area contributed by atoms with Crippen LogP contribution in [-0.4, -0.2) is 21.8 Å². The quantitative estimate of drug-likeness (QED) is 0.415. The van der Waals surface area contributed by atoms with Gasteiger partial charge in [-0.15, -0.1) is 0 Å². The summed E-state index contributed by atoms with van der Waals surface area (Å²) in [5.74, 6) is 0. The molecule has 1 rings (SSSR count). The van der Waals surface area contributed by atoms with Gasteiger partial charge in [0.2, 0.25) is 0 Å². The van der Waals surface area contributed by atoms with Crippen LogP contribution in [0.5, 0.6) is 0 Å². The second-order valence-corrected chi connectivity index (χ2v) is 3.93. The number of hydrogen-bond donors (Lipinski definition) is 3. The van der Waals surface area contributed by atoms with Crippen LogP contribution >= 0.6 is 12.2 Å². The van der Waals surface area contributed by atoms with Crippen LogP contribution < -0.4 is 10.7 Å². The molecule has 0 amide bonds. The Morgan fingerprint density at radius 3 is 2.80 bits per heavy atom. The molecule has 0 aromatic carbocycles. The van der Waals surface area contributed by atoms with Gasteiger partial charge < -0.3 is 10.3 Å². The van der Waals surface area contributed by atoms with Crippen LogP contribution in [0.4, 0.5) is 0 Å². The molecule has 0 radical (unpaired) electrons. The highest BCUT2D eigenvalue weighted by atomic mass is 32.1.